The number of nitrogens with zero attached hydrogens (tertiary/aromatic N) is 2. The van der Waals surface area contributed by atoms with Gasteiger partial charge in [0.2, 0.25) is 0 Å². The van der Waals surface area contributed by atoms with Gasteiger partial charge in [-0.25, -0.2) is 9.97 Å². The lowest BCUT2D eigenvalue weighted by Gasteiger charge is -2.29. The monoisotopic (exact) mass is 406 g/mol. The lowest BCUT2D eigenvalue weighted by atomic mass is 10.0. The Morgan fingerprint density at radius 1 is 0.926 bits per heavy atom. The maximum absolute atomic E-state index is 4.76. The van der Waals surface area contributed by atoms with Crippen LogP contribution in [0.25, 0.3) is 32.2 Å². The zero-order valence-electron chi connectivity index (χ0n) is 15.9. The van der Waals surface area contributed by atoms with Crippen molar-refractivity contribution in [1.29, 1.82) is 0 Å². The lowest BCUT2D eigenvalue weighted by Crippen LogP contribution is -2.45. The summed E-state index contributed by atoms with van der Waals surface area (Å²) in [5.74, 6) is 0. The van der Waals surface area contributed by atoms with E-state index in [1.165, 1.54) is 54.5 Å². The molecule has 0 atom stereocenters. The highest BCUT2D eigenvalue weighted by atomic mass is 32.2. The maximum Gasteiger partial charge on any atom is 0.128 e. The molecule has 136 valence electrons. The molecule has 0 bridgehead atoms. The second-order valence-corrected chi connectivity index (χ2v) is 14.9. The summed E-state index contributed by atoms with van der Waals surface area (Å²) in [5.41, 5.74) is 2.39. The molecule has 0 amide bonds. The van der Waals surface area contributed by atoms with E-state index in [1.54, 1.807) is 10.8 Å². The van der Waals surface area contributed by atoms with Gasteiger partial charge in [-0.05, 0) is 22.9 Å². The van der Waals surface area contributed by atoms with Crippen LogP contribution in [-0.2, 0) is 0 Å². The average molecular weight is 407 g/mol. The van der Waals surface area contributed by atoms with Crippen LogP contribution in [0.4, 0.5) is 0 Å². The van der Waals surface area contributed by atoms with Crippen LogP contribution in [-0.4, -0.2) is 18.0 Å². The molecular formula is C22H22N2S2Si. The van der Waals surface area contributed by atoms with Crippen LogP contribution in [0.15, 0.2) is 52.5 Å². The molecule has 5 heteroatoms. The van der Waals surface area contributed by atoms with Crippen LogP contribution in [0.3, 0.4) is 0 Å². The third-order valence-corrected chi connectivity index (χ3v) is 15.5. The Kier molecular flexibility index (Phi) is 4.15. The van der Waals surface area contributed by atoms with Crippen LogP contribution in [0.1, 0.15) is 20.8 Å². The molecule has 0 saturated heterocycles. The lowest BCUT2D eigenvalue weighted by molar-refractivity contribution is 1.19. The van der Waals surface area contributed by atoms with Gasteiger partial charge in [0.05, 0.1) is 11.1 Å². The largest absolute Gasteiger partial charge is 0.236 e. The smallest absolute Gasteiger partial charge is 0.128 e. The molecule has 5 rings (SSSR count). The first-order chi connectivity index (χ1) is 13.2. The molecule has 0 aliphatic carbocycles. The van der Waals surface area contributed by atoms with Gasteiger partial charge in [-0.3, -0.25) is 0 Å². The number of hydrogen-bond acceptors (Lipinski definition) is 4. The van der Waals surface area contributed by atoms with Crippen LogP contribution in [0, 0.1) is 0 Å². The van der Waals surface area contributed by atoms with Crippen LogP contribution in [0.2, 0.25) is 18.1 Å². The average Bonchev–Trinajstić information content (AvgIpc) is 3.09. The van der Waals surface area contributed by atoms with Crippen molar-refractivity contribution in [2.75, 3.05) is 0 Å². The molecule has 0 radical (unpaired) electrons. The van der Waals surface area contributed by atoms with E-state index in [2.05, 4.69) is 62.2 Å². The van der Waals surface area contributed by atoms with Crippen molar-refractivity contribution >= 4 is 56.7 Å². The van der Waals surface area contributed by atoms with Crippen molar-refractivity contribution in [1.82, 2.24) is 9.97 Å². The SMILES string of the molecule is CC[Si](CC)(CC)c1sc2ncnc3c2c1Sc1cc2ccccc2cc1-3. The molecule has 0 unspecified atom stereocenters. The first-order valence-electron chi connectivity index (χ1n) is 9.69. The minimum Gasteiger partial charge on any atom is -0.236 e. The first-order valence-corrected chi connectivity index (χ1v) is 13.9. The first kappa shape index (κ1) is 17.4. The quantitative estimate of drug-likeness (QED) is 0.311. The molecule has 2 nitrogen and oxygen atoms in total. The van der Waals surface area contributed by atoms with Crippen molar-refractivity contribution in [2.45, 2.75) is 48.7 Å². The number of aromatic nitrogens is 2. The van der Waals surface area contributed by atoms with Gasteiger partial charge in [0.1, 0.15) is 19.2 Å². The van der Waals surface area contributed by atoms with Gasteiger partial charge in [-0.1, -0.05) is 74.9 Å². The summed E-state index contributed by atoms with van der Waals surface area (Å²) < 4.78 is 1.65. The fourth-order valence-electron chi connectivity index (χ4n) is 4.39. The Morgan fingerprint density at radius 2 is 1.63 bits per heavy atom. The molecule has 2 aromatic heterocycles. The normalized spacial score (nSPS) is 13.3. The molecule has 27 heavy (non-hydrogen) atoms. The van der Waals surface area contributed by atoms with Gasteiger partial charge >= 0.3 is 0 Å². The van der Waals surface area contributed by atoms with Gasteiger partial charge in [0.25, 0.3) is 0 Å². The maximum atomic E-state index is 4.76. The Bertz CT molecular complexity index is 1170. The minimum absolute atomic E-state index is 1.13. The van der Waals surface area contributed by atoms with Gasteiger partial charge in [0.15, 0.2) is 0 Å². The van der Waals surface area contributed by atoms with Crippen LogP contribution < -0.4 is 4.50 Å². The molecule has 4 aromatic rings. The van der Waals surface area contributed by atoms with Gasteiger partial charge in [-0.15, -0.1) is 11.3 Å². The van der Waals surface area contributed by atoms with Crippen molar-refractivity contribution in [3.8, 4) is 11.3 Å². The molecular weight excluding hydrogens is 384 g/mol. The van der Waals surface area contributed by atoms with Crippen LogP contribution in [0.5, 0.6) is 0 Å². The topological polar surface area (TPSA) is 25.8 Å². The van der Waals surface area contributed by atoms with E-state index < -0.39 is 8.07 Å². The molecule has 1 aliphatic heterocycles. The highest BCUT2D eigenvalue weighted by Crippen LogP contribution is 2.50. The summed E-state index contributed by atoms with van der Waals surface area (Å²) in [7, 11) is -1.48. The Hall–Kier alpha value is -1.69. The summed E-state index contributed by atoms with van der Waals surface area (Å²) in [6, 6.07) is 17.2. The van der Waals surface area contributed by atoms with Crippen molar-refractivity contribution in [2.24, 2.45) is 0 Å². The number of hydrogen-bond donors (Lipinski definition) is 0. The van der Waals surface area contributed by atoms with E-state index >= 15 is 0 Å². The summed E-state index contributed by atoms with van der Waals surface area (Å²) in [6.07, 6.45) is 1.75. The van der Waals surface area contributed by atoms with E-state index in [9.17, 15) is 0 Å². The number of rotatable bonds is 4. The number of thiophene rings is 1. The fourth-order valence-corrected chi connectivity index (χ4v) is 12.9. The van der Waals surface area contributed by atoms with Gasteiger partial charge in [-0.2, -0.15) is 0 Å². The molecule has 1 aliphatic rings. The Labute approximate surface area is 169 Å². The van der Waals surface area contributed by atoms with Crippen molar-refractivity contribution in [3.63, 3.8) is 0 Å². The third kappa shape index (κ3) is 2.45. The summed E-state index contributed by atoms with van der Waals surface area (Å²) in [5, 5.41) is 3.89. The van der Waals surface area contributed by atoms with Crippen LogP contribution >= 0.6 is 23.1 Å². The van der Waals surface area contributed by atoms with E-state index in [0.29, 0.717) is 0 Å². The molecule has 3 heterocycles. The summed E-state index contributed by atoms with van der Waals surface area (Å²) in [6.45, 7) is 7.16. The molecule has 0 spiro atoms. The zero-order chi connectivity index (χ0) is 18.6. The number of fused-ring (bicyclic) bond motifs is 3. The molecule has 2 aromatic carbocycles. The number of benzene rings is 2. The third-order valence-electron chi connectivity index (χ3n) is 6.27. The van der Waals surface area contributed by atoms with E-state index in [4.69, 9.17) is 4.98 Å². The van der Waals surface area contributed by atoms with E-state index in [0.717, 1.165) is 5.69 Å². The van der Waals surface area contributed by atoms with Crippen molar-refractivity contribution in [3.05, 3.63) is 42.7 Å². The minimum atomic E-state index is -1.48. The molecule has 0 N–H and O–H groups in total. The predicted molar refractivity (Wildman–Crippen MR) is 121 cm³/mol. The standard InChI is InChI=1S/C22H22N2S2Si/c1-4-27(5-2,6-3)22-20-18-19(23-13-24-21(18)26-22)16-11-14-9-7-8-10-15(14)12-17(16)25-20/h7-13H,4-6H2,1-3H3. The highest BCUT2D eigenvalue weighted by Gasteiger charge is 2.37. The highest BCUT2D eigenvalue weighted by molar-refractivity contribution is 8.00. The summed E-state index contributed by atoms with van der Waals surface area (Å²) in [4.78, 5) is 13.4. The van der Waals surface area contributed by atoms with Gasteiger partial charge in [0, 0.05) is 19.9 Å². The molecule has 0 fully saturated rings. The van der Waals surface area contributed by atoms with Crippen molar-refractivity contribution < 1.29 is 0 Å². The Morgan fingerprint density at radius 3 is 2.33 bits per heavy atom. The second kappa shape index (κ2) is 6.43. The second-order valence-electron chi connectivity index (χ2n) is 7.30. The van der Waals surface area contributed by atoms with Gasteiger partial charge < -0.3 is 0 Å². The Balaban J connectivity index is 1.84. The summed E-state index contributed by atoms with van der Waals surface area (Å²) >= 11 is 3.91. The van der Waals surface area contributed by atoms with E-state index in [1.807, 2.05) is 23.1 Å². The predicted octanol–water partition coefficient (Wildman–Crippen LogP) is 6.69. The molecule has 0 saturated carbocycles. The fraction of sp³-hybridized carbons (Fsp3) is 0.273. The zero-order valence-corrected chi connectivity index (χ0v) is 18.5. The van der Waals surface area contributed by atoms with E-state index in [-0.39, 0.29) is 0 Å².